The number of carboxylic acid groups (broad SMARTS) is 1. The fourth-order valence-corrected chi connectivity index (χ4v) is 2.62. The summed E-state index contributed by atoms with van der Waals surface area (Å²) in [5, 5.41) is 9.30. The maximum atomic E-state index is 10.7. The fraction of sp³-hybridized carbons (Fsp3) is 0.111. The predicted molar refractivity (Wildman–Crippen MR) is 64.4 cm³/mol. The van der Waals surface area contributed by atoms with E-state index < -0.39 is 5.97 Å². The van der Waals surface area contributed by atoms with Crippen LogP contribution in [-0.4, -0.2) is 25.4 Å². The van der Waals surface area contributed by atoms with Gasteiger partial charge >= 0.3 is 5.97 Å². The quantitative estimate of drug-likeness (QED) is 0.872. The molecule has 0 fully saturated rings. The number of aromatic nitrogens is 3. The third kappa shape index (κ3) is 2.71. The van der Waals surface area contributed by atoms with Crippen LogP contribution in [0, 0.1) is 6.92 Å². The normalized spacial score (nSPS) is 10.4. The number of nitrogens with two attached hydrogens (primary N) is 1. The molecule has 0 saturated heterocycles. The van der Waals surface area contributed by atoms with Gasteiger partial charge in [-0.15, -0.1) is 0 Å². The zero-order valence-electron chi connectivity index (χ0n) is 8.75. The highest BCUT2D eigenvalue weighted by atomic mass is 32.2. The average molecular weight is 268 g/mol. The van der Waals surface area contributed by atoms with Crippen molar-refractivity contribution in [3.63, 3.8) is 0 Å². The first-order chi connectivity index (χ1) is 8.06. The average Bonchev–Trinajstić information content (AvgIpc) is 2.67. The Labute approximate surface area is 105 Å². The molecule has 0 aliphatic heterocycles. The molecule has 0 spiro atoms. The molecular formula is C9H8N4O2S2. The van der Waals surface area contributed by atoms with Gasteiger partial charge in [0.25, 0.3) is 0 Å². The SMILES string of the molecule is Cc1nsc(Sc2ncc(C(=O)O)cc2N)n1. The molecular weight excluding hydrogens is 260 g/mol. The minimum absolute atomic E-state index is 0.0697. The number of anilines is 1. The molecule has 0 atom stereocenters. The lowest BCUT2D eigenvalue weighted by Gasteiger charge is -2.02. The van der Waals surface area contributed by atoms with Gasteiger partial charge in [0.15, 0.2) is 4.34 Å². The van der Waals surface area contributed by atoms with E-state index in [1.807, 2.05) is 0 Å². The molecule has 0 aliphatic rings. The van der Waals surface area contributed by atoms with E-state index >= 15 is 0 Å². The number of aryl methyl sites for hydroxylation is 1. The first kappa shape index (κ1) is 11.8. The number of pyridine rings is 1. The monoisotopic (exact) mass is 268 g/mol. The second kappa shape index (κ2) is 4.68. The maximum absolute atomic E-state index is 10.7. The van der Waals surface area contributed by atoms with Gasteiger partial charge in [-0.3, -0.25) is 0 Å². The van der Waals surface area contributed by atoms with E-state index in [0.29, 0.717) is 16.5 Å². The van der Waals surface area contributed by atoms with Crippen LogP contribution >= 0.6 is 23.3 Å². The van der Waals surface area contributed by atoms with Crippen molar-refractivity contribution in [1.82, 2.24) is 14.3 Å². The molecule has 88 valence electrons. The van der Waals surface area contributed by atoms with Gasteiger partial charge in [-0.2, -0.15) is 4.37 Å². The highest BCUT2D eigenvalue weighted by Crippen LogP contribution is 2.31. The topological polar surface area (TPSA) is 102 Å². The zero-order chi connectivity index (χ0) is 12.4. The number of nitrogens with zero attached hydrogens (tertiary/aromatic N) is 3. The summed E-state index contributed by atoms with van der Waals surface area (Å²) in [6.45, 7) is 1.80. The van der Waals surface area contributed by atoms with E-state index in [1.54, 1.807) is 6.92 Å². The molecule has 3 N–H and O–H groups in total. The van der Waals surface area contributed by atoms with Crippen molar-refractivity contribution >= 4 is 35.0 Å². The molecule has 0 radical (unpaired) electrons. The van der Waals surface area contributed by atoms with Crippen LogP contribution in [0.3, 0.4) is 0 Å². The zero-order valence-corrected chi connectivity index (χ0v) is 10.4. The van der Waals surface area contributed by atoms with E-state index in [2.05, 4.69) is 14.3 Å². The Morgan fingerprint density at radius 2 is 2.35 bits per heavy atom. The van der Waals surface area contributed by atoms with Crippen molar-refractivity contribution in [2.75, 3.05) is 5.73 Å². The Morgan fingerprint density at radius 3 is 2.88 bits per heavy atom. The third-order valence-corrected chi connectivity index (χ3v) is 3.70. The summed E-state index contributed by atoms with van der Waals surface area (Å²) in [7, 11) is 0. The smallest absolute Gasteiger partial charge is 0.337 e. The number of hydrogen-bond acceptors (Lipinski definition) is 7. The number of nitrogen functional groups attached to an aromatic ring is 1. The van der Waals surface area contributed by atoms with Crippen LogP contribution in [0.15, 0.2) is 21.6 Å². The summed E-state index contributed by atoms with van der Waals surface area (Å²) in [5.41, 5.74) is 6.12. The number of aromatic carboxylic acids is 1. The highest BCUT2D eigenvalue weighted by Gasteiger charge is 2.11. The molecule has 2 heterocycles. The van der Waals surface area contributed by atoms with Crippen LogP contribution in [0.5, 0.6) is 0 Å². The highest BCUT2D eigenvalue weighted by molar-refractivity contribution is 8.01. The molecule has 2 aromatic heterocycles. The molecule has 2 rings (SSSR count). The molecule has 0 bridgehead atoms. The number of hydrogen-bond donors (Lipinski definition) is 2. The van der Waals surface area contributed by atoms with Crippen molar-refractivity contribution in [1.29, 1.82) is 0 Å². The van der Waals surface area contributed by atoms with Gasteiger partial charge in [0.2, 0.25) is 0 Å². The molecule has 0 aromatic carbocycles. The van der Waals surface area contributed by atoms with Crippen LogP contribution in [0.4, 0.5) is 5.69 Å². The predicted octanol–water partition coefficient (Wildman–Crippen LogP) is 1.67. The molecule has 2 aromatic rings. The van der Waals surface area contributed by atoms with Crippen molar-refractivity contribution in [2.24, 2.45) is 0 Å². The lowest BCUT2D eigenvalue weighted by Crippen LogP contribution is -2.00. The fourth-order valence-electron chi connectivity index (χ4n) is 1.07. The van der Waals surface area contributed by atoms with Crippen LogP contribution in [0.25, 0.3) is 0 Å². The number of carboxylic acids is 1. The van der Waals surface area contributed by atoms with E-state index in [9.17, 15) is 4.79 Å². The summed E-state index contributed by atoms with van der Waals surface area (Å²) in [6.07, 6.45) is 1.27. The molecule has 0 saturated carbocycles. The first-order valence-electron chi connectivity index (χ1n) is 4.53. The lowest BCUT2D eigenvalue weighted by atomic mass is 10.3. The van der Waals surface area contributed by atoms with Gasteiger partial charge in [0.05, 0.1) is 11.3 Å². The molecule has 8 heteroatoms. The van der Waals surface area contributed by atoms with E-state index in [4.69, 9.17) is 10.8 Å². The van der Waals surface area contributed by atoms with Gasteiger partial charge in [-0.25, -0.2) is 14.8 Å². The largest absolute Gasteiger partial charge is 0.478 e. The van der Waals surface area contributed by atoms with Crippen LogP contribution in [-0.2, 0) is 0 Å². The summed E-state index contributed by atoms with van der Waals surface area (Å²) in [6, 6.07) is 1.38. The third-order valence-electron chi connectivity index (χ3n) is 1.82. The van der Waals surface area contributed by atoms with Gasteiger partial charge in [0, 0.05) is 6.20 Å². The van der Waals surface area contributed by atoms with E-state index in [-0.39, 0.29) is 5.56 Å². The standard InChI is InChI=1S/C9H8N4O2S2/c1-4-12-9(17-13-4)16-7-6(10)2-5(3-11-7)8(14)15/h2-3H,10H2,1H3,(H,14,15). The van der Waals surface area contributed by atoms with E-state index in [0.717, 1.165) is 4.34 Å². The Hall–Kier alpha value is -1.67. The van der Waals surface area contributed by atoms with E-state index in [1.165, 1.54) is 35.6 Å². The van der Waals surface area contributed by atoms with Crippen molar-refractivity contribution in [3.8, 4) is 0 Å². The van der Waals surface area contributed by atoms with Gasteiger partial charge in [-0.05, 0) is 36.3 Å². The first-order valence-corrected chi connectivity index (χ1v) is 6.12. The molecule has 0 amide bonds. The van der Waals surface area contributed by atoms with Gasteiger partial charge < -0.3 is 10.8 Å². The van der Waals surface area contributed by atoms with Crippen LogP contribution < -0.4 is 5.73 Å². The Balaban J connectivity index is 2.25. The number of rotatable bonds is 3. The minimum Gasteiger partial charge on any atom is -0.478 e. The Kier molecular flexibility index (Phi) is 3.25. The van der Waals surface area contributed by atoms with Crippen LogP contribution in [0.1, 0.15) is 16.2 Å². The summed E-state index contributed by atoms with van der Waals surface area (Å²) < 4.78 is 4.76. The molecule has 17 heavy (non-hydrogen) atoms. The van der Waals surface area contributed by atoms with Gasteiger partial charge in [0.1, 0.15) is 10.9 Å². The van der Waals surface area contributed by atoms with Gasteiger partial charge in [-0.1, -0.05) is 0 Å². The number of carbonyl (C=O) groups is 1. The summed E-state index contributed by atoms with van der Waals surface area (Å²) >= 11 is 2.52. The Bertz CT molecular complexity index is 570. The van der Waals surface area contributed by atoms with Crippen molar-refractivity contribution in [3.05, 3.63) is 23.7 Å². The second-order valence-corrected chi connectivity index (χ2v) is 5.12. The molecule has 0 unspecified atom stereocenters. The summed E-state index contributed by atoms with van der Waals surface area (Å²) in [5.74, 6) is -0.356. The van der Waals surface area contributed by atoms with Crippen molar-refractivity contribution in [2.45, 2.75) is 16.3 Å². The maximum Gasteiger partial charge on any atom is 0.337 e. The second-order valence-electron chi connectivity index (χ2n) is 3.13. The van der Waals surface area contributed by atoms with Crippen molar-refractivity contribution < 1.29 is 9.90 Å². The minimum atomic E-state index is -1.05. The molecule has 6 nitrogen and oxygen atoms in total. The Morgan fingerprint density at radius 1 is 1.59 bits per heavy atom. The lowest BCUT2D eigenvalue weighted by molar-refractivity contribution is 0.0696. The molecule has 0 aliphatic carbocycles. The summed E-state index contributed by atoms with van der Waals surface area (Å²) in [4.78, 5) is 18.9. The van der Waals surface area contributed by atoms with Crippen LogP contribution in [0.2, 0.25) is 0 Å².